The zero-order valence-corrected chi connectivity index (χ0v) is 11.0. The van der Waals surface area contributed by atoms with Gasteiger partial charge in [-0.25, -0.2) is 9.97 Å². The predicted molar refractivity (Wildman–Crippen MR) is 71.8 cm³/mol. The molecule has 17 heavy (non-hydrogen) atoms. The maximum atomic E-state index is 5.32. The van der Waals surface area contributed by atoms with Gasteiger partial charge in [0.1, 0.15) is 5.52 Å². The molecule has 0 unspecified atom stereocenters. The van der Waals surface area contributed by atoms with Crippen molar-refractivity contribution in [2.45, 2.75) is 33.2 Å². The van der Waals surface area contributed by atoms with Crippen molar-refractivity contribution >= 4 is 29.2 Å². The number of imidazole rings is 1. The Morgan fingerprint density at radius 3 is 3.00 bits per heavy atom. The lowest BCUT2D eigenvalue weighted by molar-refractivity contribution is 0.627. The van der Waals surface area contributed by atoms with Crippen molar-refractivity contribution in [3.05, 3.63) is 11.1 Å². The fraction of sp³-hybridized carbons (Fsp3) is 0.545. The number of H-pyrrole nitrogens is 1. The van der Waals surface area contributed by atoms with Crippen molar-refractivity contribution in [3.8, 4) is 0 Å². The molecule has 0 fully saturated rings. The lowest BCUT2D eigenvalue weighted by Gasteiger charge is -2.10. The molecule has 0 radical (unpaired) electrons. The summed E-state index contributed by atoms with van der Waals surface area (Å²) < 4.78 is 2.58. The van der Waals surface area contributed by atoms with E-state index in [-0.39, 0.29) is 0 Å². The summed E-state index contributed by atoms with van der Waals surface area (Å²) >= 11 is 5.32. The summed E-state index contributed by atoms with van der Waals surface area (Å²) in [6.07, 6.45) is 3.89. The van der Waals surface area contributed by atoms with Crippen LogP contribution in [0.1, 0.15) is 26.7 Å². The van der Waals surface area contributed by atoms with Crippen LogP contribution in [0.4, 0.5) is 5.82 Å². The number of aryl methyl sites for hydroxylation is 1. The van der Waals surface area contributed by atoms with Crippen LogP contribution in [0.5, 0.6) is 0 Å². The van der Waals surface area contributed by atoms with Gasteiger partial charge in [-0.2, -0.15) is 0 Å². The number of aromatic amines is 1. The second-order valence-electron chi connectivity index (χ2n) is 3.88. The van der Waals surface area contributed by atoms with Gasteiger partial charge in [0.25, 0.3) is 0 Å². The van der Waals surface area contributed by atoms with Gasteiger partial charge in [-0.3, -0.25) is 4.57 Å². The Kier molecular flexibility index (Phi) is 3.73. The van der Waals surface area contributed by atoms with Crippen molar-refractivity contribution in [1.82, 2.24) is 19.5 Å². The van der Waals surface area contributed by atoms with Crippen molar-refractivity contribution in [2.24, 2.45) is 0 Å². The smallest absolute Gasteiger partial charge is 0.203 e. The number of hydrogen-bond donors (Lipinski definition) is 2. The first-order valence-corrected chi connectivity index (χ1v) is 6.36. The molecule has 0 amide bonds. The maximum Gasteiger partial charge on any atom is 0.203 e. The van der Waals surface area contributed by atoms with Crippen LogP contribution in [0.15, 0.2) is 6.33 Å². The largest absolute Gasteiger partial charge is 0.368 e. The standard InChI is InChI=1S/C11H17N5S/c1-3-5-6-16-10-8(13-7-14-10)9(12-4-2)15-11(16)17/h7H,3-6H2,1-2H3,(H,13,14)(H,12,15,17). The van der Waals surface area contributed by atoms with E-state index in [0.717, 1.165) is 42.9 Å². The Labute approximate surface area is 105 Å². The molecule has 2 heterocycles. The van der Waals surface area contributed by atoms with Crippen LogP contribution in [-0.4, -0.2) is 26.1 Å². The summed E-state index contributed by atoms with van der Waals surface area (Å²) in [7, 11) is 0. The lowest BCUT2D eigenvalue weighted by Crippen LogP contribution is -2.08. The third kappa shape index (κ3) is 2.31. The van der Waals surface area contributed by atoms with E-state index in [1.165, 1.54) is 0 Å². The van der Waals surface area contributed by atoms with E-state index >= 15 is 0 Å². The predicted octanol–water partition coefficient (Wildman–Crippen LogP) is 2.72. The second-order valence-corrected chi connectivity index (χ2v) is 4.24. The molecule has 0 aliphatic carbocycles. The van der Waals surface area contributed by atoms with Gasteiger partial charge in [0, 0.05) is 13.1 Å². The topological polar surface area (TPSA) is 58.5 Å². The SMILES string of the molecule is CCCCn1c(=S)nc(NCC)c2[nH]cnc21. The maximum absolute atomic E-state index is 5.32. The molecule has 0 aromatic carbocycles. The summed E-state index contributed by atoms with van der Waals surface area (Å²) in [5, 5.41) is 3.20. The van der Waals surface area contributed by atoms with Crippen LogP contribution in [-0.2, 0) is 6.54 Å². The van der Waals surface area contributed by atoms with E-state index in [2.05, 4.69) is 27.2 Å². The Bertz CT molecular complexity index is 556. The van der Waals surface area contributed by atoms with Crippen LogP contribution in [0.25, 0.3) is 11.2 Å². The first-order chi connectivity index (χ1) is 8.27. The summed E-state index contributed by atoms with van der Waals surface area (Å²) in [4.78, 5) is 11.9. The highest BCUT2D eigenvalue weighted by atomic mass is 32.1. The Balaban J connectivity index is 2.54. The lowest BCUT2D eigenvalue weighted by atomic mass is 10.3. The van der Waals surface area contributed by atoms with Gasteiger partial charge in [0.2, 0.25) is 4.77 Å². The van der Waals surface area contributed by atoms with E-state index in [9.17, 15) is 0 Å². The van der Waals surface area contributed by atoms with Crippen LogP contribution in [0.2, 0.25) is 0 Å². The van der Waals surface area contributed by atoms with Crippen LogP contribution in [0.3, 0.4) is 0 Å². The Morgan fingerprint density at radius 1 is 1.47 bits per heavy atom. The third-order valence-corrected chi connectivity index (χ3v) is 2.94. The summed E-state index contributed by atoms with van der Waals surface area (Å²) in [5.74, 6) is 0.790. The molecule has 2 rings (SSSR count). The highest BCUT2D eigenvalue weighted by Crippen LogP contribution is 2.18. The van der Waals surface area contributed by atoms with E-state index in [1.54, 1.807) is 6.33 Å². The number of nitrogens with one attached hydrogen (secondary N) is 2. The summed E-state index contributed by atoms with van der Waals surface area (Å²) in [6.45, 7) is 5.88. The number of aromatic nitrogens is 4. The molecular weight excluding hydrogens is 234 g/mol. The van der Waals surface area contributed by atoms with Gasteiger partial charge in [0.15, 0.2) is 11.5 Å². The highest BCUT2D eigenvalue weighted by Gasteiger charge is 2.09. The van der Waals surface area contributed by atoms with Gasteiger partial charge >= 0.3 is 0 Å². The second kappa shape index (κ2) is 5.27. The Morgan fingerprint density at radius 2 is 2.29 bits per heavy atom. The summed E-state index contributed by atoms with van der Waals surface area (Å²) in [6, 6.07) is 0. The number of hydrogen-bond acceptors (Lipinski definition) is 4. The zero-order chi connectivity index (χ0) is 12.3. The molecule has 6 heteroatoms. The number of fused-ring (bicyclic) bond motifs is 1. The van der Waals surface area contributed by atoms with Crippen LogP contribution >= 0.6 is 12.2 Å². The normalized spacial score (nSPS) is 10.9. The molecule has 2 aromatic heterocycles. The quantitative estimate of drug-likeness (QED) is 0.802. The molecule has 0 aliphatic rings. The van der Waals surface area contributed by atoms with Gasteiger partial charge in [0.05, 0.1) is 6.33 Å². The molecule has 2 N–H and O–H groups in total. The first kappa shape index (κ1) is 12.0. The van der Waals surface area contributed by atoms with Crippen LogP contribution in [0, 0.1) is 4.77 Å². The number of unbranched alkanes of at least 4 members (excludes halogenated alkanes) is 1. The van der Waals surface area contributed by atoms with Crippen molar-refractivity contribution in [2.75, 3.05) is 11.9 Å². The molecule has 0 saturated heterocycles. The zero-order valence-electron chi connectivity index (χ0n) is 10.2. The number of nitrogens with zero attached hydrogens (tertiary/aromatic N) is 3. The summed E-state index contributed by atoms with van der Waals surface area (Å²) in [5.41, 5.74) is 1.81. The fourth-order valence-electron chi connectivity index (χ4n) is 1.78. The highest BCUT2D eigenvalue weighted by molar-refractivity contribution is 7.71. The van der Waals surface area contributed by atoms with Gasteiger partial charge < -0.3 is 10.3 Å². The Hall–Kier alpha value is -1.43. The van der Waals surface area contributed by atoms with E-state index in [4.69, 9.17) is 12.2 Å². The third-order valence-electron chi connectivity index (χ3n) is 2.63. The van der Waals surface area contributed by atoms with Crippen molar-refractivity contribution in [1.29, 1.82) is 0 Å². The van der Waals surface area contributed by atoms with Crippen molar-refractivity contribution in [3.63, 3.8) is 0 Å². The van der Waals surface area contributed by atoms with Gasteiger partial charge in [-0.15, -0.1) is 0 Å². The first-order valence-electron chi connectivity index (χ1n) is 5.95. The van der Waals surface area contributed by atoms with E-state index in [0.29, 0.717) is 4.77 Å². The molecule has 0 aliphatic heterocycles. The van der Waals surface area contributed by atoms with E-state index in [1.807, 2.05) is 11.5 Å². The average molecular weight is 251 g/mol. The van der Waals surface area contributed by atoms with Gasteiger partial charge in [-0.1, -0.05) is 13.3 Å². The monoisotopic (exact) mass is 251 g/mol. The number of anilines is 1. The molecule has 2 aromatic rings. The fourth-order valence-corrected chi connectivity index (χ4v) is 2.05. The molecule has 92 valence electrons. The van der Waals surface area contributed by atoms with Crippen molar-refractivity contribution < 1.29 is 0 Å². The molecule has 0 saturated carbocycles. The minimum absolute atomic E-state index is 0.592. The van der Waals surface area contributed by atoms with Gasteiger partial charge in [-0.05, 0) is 25.6 Å². The molecule has 0 atom stereocenters. The minimum atomic E-state index is 0.592. The number of rotatable bonds is 5. The van der Waals surface area contributed by atoms with Crippen LogP contribution < -0.4 is 5.32 Å². The van der Waals surface area contributed by atoms with E-state index < -0.39 is 0 Å². The molecule has 0 bridgehead atoms. The molecule has 5 nitrogen and oxygen atoms in total. The molecule has 0 spiro atoms. The molecular formula is C11H17N5S. The average Bonchev–Trinajstić information content (AvgIpc) is 2.78. The minimum Gasteiger partial charge on any atom is -0.368 e.